The number of allylic oxidation sites excluding steroid dienone is 2. The first-order valence-electron chi connectivity index (χ1n) is 8.83. The van der Waals surface area contributed by atoms with E-state index in [2.05, 4.69) is 24.3 Å². The van der Waals surface area contributed by atoms with E-state index in [9.17, 15) is 9.59 Å². The molecule has 1 aromatic rings. The minimum absolute atomic E-state index is 0.0967. The van der Waals surface area contributed by atoms with Gasteiger partial charge in [-0.05, 0) is 36.3 Å². The third-order valence-electron chi connectivity index (χ3n) is 5.27. The topological polar surface area (TPSA) is 37.4 Å². The highest BCUT2D eigenvalue weighted by atomic mass is 35.5. The SMILES string of the molecule is CCC(=O)N1CCC(c2ccc(C3CC(Cl)=CCC3=O)cc2)CC1. The summed E-state index contributed by atoms with van der Waals surface area (Å²) in [4.78, 5) is 25.9. The fourth-order valence-electron chi connectivity index (χ4n) is 3.74. The van der Waals surface area contributed by atoms with Gasteiger partial charge in [-0.2, -0.15) is 0 Å². The van der Waals surface area contributed by atoms with Gasteiger partial charge in [0.15, 0.2) is 0 Å². The van der Waals surface area contributed by atoms with Gasteiger partial charge in [0.25, 0.3) is 0 Å². The third-order valence-corrected chi connectivity index (χ3v) is 5.58. The standard InChI is InChI=1S/C20H24ClNO2/c1-2-20(24)22-11-9-15(10-12-22)14-3-5-16(6-4-14)18-13-17(21)7-8-19(18)23/h3-7,15,18H,2,8-13H2,1H3. The molecule has 1 aliphatic carbocycles. The molecule has 1 heterocycles. The Labute approximate surface area is 148 Å². The Hall–Kier alpha value is -1.61. The molecule has 0 saturated carbocycles. The van der Waals surface area contributed by atoms with Crippen molar-refractivity contribution in [2.24, 2.45) is 0 Å². The molecule has 1 atom stereocenters. The van der Waals surface area contributed by atoms with Crippen molar-refractivity contribution in [3.63, 3.8) is 0 Å². The van der Waals surface area contributed by atoms with Crippen LogP contribution >= 0.6 is 11.6 Å². The second kappa shape index (κ2) is 7.52. The molecule has 1 aromatic carbocycles. The Bertz CT molecular complexity index is 642. The summed E-state index contributed by atoms with van der Waals surface area (Å²) >= 11 is 6.11. The van der Waals surface area contributed by atoms with E-state index >= 15 is 0 Å². The van der Waals surface area contributed by atoms with Crippen LogP contribution in [0.2, 0.25) is 0 Å². The minimum Gasteiger partial charge on any atom is -0.343 e. The molecule has 1 saturated heterocycles. The number of amides is 1. The molecule has 1 unspecified atom stereocenters. The summed E-state index contributed by atoms with van der Waals surface area (Å²) in [6.45, 7) is 3.61. The highest BCUT2D eigenvalue weighted by Gasteiger charge is 2.26. The van der Waals surface area contributed by atoms with Crippen LogP contribution in [0.4, 0.5) is 0 Å². The van der Waals surface area contributed by atoms with Crippen molar-refractivity contribution in [3.05, 3.63) is 46.5 Å². The molecule has 0 radical (unpaired) electrons. The maximum atomic E-state index is 12.1. The first-order chi connectivity index (χ1) is 11.6. The number of hydrogen-bond acceptors (Lipinski definition) is 2. The highest BCUT2D eigenvalue weighted by molar-refractivity contribution is 6.30. The second-order valence-electron chi connectivity index (χ2n) is 6.75. The van der Waals surface area contributed by atoms with Crippen molar-refractivity contribution in [2.45, 2.75) is 50.9 Å². The van der Waals surface area contributed by atoms with Crippen molar-refractivity contribution in [1.29, 1.82) is 0 Å². The van der Waals surface area contributed by atoms with E-state index < -0.39 is 0 Å². The summed E-state index contributed by atoms with van der Waals surface area (Å²) in [5.41, 5.74) is 2.38. The van der Waals surface area contributed by atoms with Crippen molar-refractivity contribution >= 4 is 23.3 Å². The lowest BCUT2D eigenvalue weighted by Crippen LogP contribution is -2.37. The van der Waals surface area contributed by atoms with Gasteiger partial charge in [-0.25, -0.2) is 0 Å². The summed E-state index contributed by atoms with van der Waals surface area (Å²) in [5.74, 6) is 0.911. The van der Waals surface area contributed by atoms with Gasteiger partial charge >= 0.3 is 0 Å². The van der Waals surface area contributed by atoms with Gasteiger partial charge in [0, 0.05) is 36.9 Å². The Kier molecular flexibility index (Phi) is 5.40. The average molecular weight is 346 g/mol. The van der Waals surface area contributed by atoms with Gasteiger partial charge in [0.2, 0.25) is 5.91 Å². The molecule has 0 spiro atoms. The lowest BCUT2D eigenvalue weighted by molar-refractivity contribution is -0.131. The molecule has 0 bridgehead atoms. The zero-order valence-electron chi connectivity index (χ0n) is 14.1. The van der Waals surface area contributed by atoms with Crippen molar-refractivity contribution in [1.82, 2.24) is 4.90 Å². The summed E-state index contributed by atoms with van der Waals surface area (Å²) in [6, 6.07) is 8.46. The molecule has 24 heavy (non-hydrogen) atoms. The van der Waals surface area contributed by atoms with Crippen LogP contribution in [0, 0.1) is 0 Å². The molecule has 3 rings (SSSR count). The van der Waals surface area contributed by atoms with E-state index in [1.807, 2.05) is 17.9 Å². The fourth-order valence-corrected chi connectivity index (χ4v) is 3.97. The molecular weight excluding hydrogens is 322 g/mol. The molecule has 1 fully saturated rings. The van der Waals surface area contributed by atoms with Gasteiger partial charge in [0.1, 0.15) is 5.78 Å². The fraction of sp³-hybridized carbons (Fsp3) is 0.500. The van der Waals surface area contributed by atoms with E-state index in [-0.39, 0.29) is 17.6 Å². The van der Waals surface area contributed by atoms with Gasteiger partial charge in [0.05, 0.1) is 0 Å². The normalized spacial score (nSPS) is 22.4. The molecule has 128 valence electrons. The van der Waals surface area contributed by atoms with Crippen LogP contribution in [0.1, 0.15) is 62.0 Å². The molecular formula is C20H24ClNO2. The number of carbonyl (C=O) groups excluding carboxylic acids is 2. The number of Topliss-reactive ketones (excluding diaryl/α,β-unsaturated/α-hetero) is 1. The van der Waals surface area contributed by atoms with Crippen molar-refractivity contribution < 1.29 is 9.59 Å². The molecule has 1 amide bonds. The summed E-state index contributed by atoms with van der Waals surface area (Å²) in [5, 5.41) is 0.789. The largest absolute Gasteiger partial charge is 0.343 e. The predicted molar refractivity (Wildman–Crippen MR) is 96.2 cm³/mol. The zero-order valence-corrected chi connectivity index (χ0v) is 14.9. The molecule has 2 aliphatic rings. The maximum Gasteiger partial charge on any atom is 0.222 e. The van der Waals surface area contributed by atoms with E-state index in [1.54, 1.807) is 0 Å². The predicted octanol–water partition coefficient (Wildman–Crippen LogP) is 4.37. The first-order valence-corrected chi connectivity index (χ1v) is 9.21. The Morgan fingerprint density at radius 2 is 1.79 bits per heavy atom. The van der Waals surface area contributed by atoms with Gasteiger partial charge in [-0.3, -0.25) is 9.59 Å². The number of nitrogens with zero attached hydrogens (tertiary/aromatic N) is 1. The molecule has 3 nitrogen and oxygen atoms in total. The Morgan fingerprint density at radius 1 is 1.17 bits per heavy atom. The highest BCUT2D eigenvalue weighted by Crippen LogP contribution is 2.34. The number of rotatable bonds is 3. The van der Waals surface area contributed by atoms with Crippen LogP contribution in [0.15, 0.2) is 35.4 Å². The van der Waals surface area contributed by atoms with Crippen LogP contribution in [0.5, 0.6) is 0 Å². The van der Waals surface area contributed by atoms with E-state index in [0.29, 0.717) is 25.2 Å². The number of piperidine rings is 1. The maximum absolute atomic E-state index is 12.1. The third kappa shape index (κ3) is 3.72. The first kappa shape index (κ1) is 17.2. The van der Waals surface area contributed by atoms with Crippen LogP contribution < -0.4 is 0 Å². The Balaban J connectivity index is 1.64. The molecule has 0 N–H and O–H groups in total. The van der Waals surface area contributed by atoms with E-state index in [0.717, 1.165) is 36.5 Å². The van der Waals surface area contributed by atoms with E-state index in [1.165, 1.54) is 5.56 Å². The number of hydrogen-bond donors (Lipinski definition) is 0. The number of likely N-dealkylation sites (tertiary alicyclic amines) is 1. The lowest BCUT2D eigenvalue weighted by atomic mass is 9.84. The van der Waals surface area contributed by atoms with Gasteiger partial charge in [-0.1, -0.05) is 48.9 Å². The number of benzene rings is 1. The summed E-state index contributed by atoms with van der Waals surface area (Å²) in [6.07, 6.45) is 5.50. The molecule has 0 aromatic heterocycles. The van der Waals surface area contributed by atoms with Crippen LogP contribution in [0.3, 0.4) is 0 Å². The lowest BCUT2D eigenvalue weighted by Gasteiger charge is -2.32. The zero-order chi connectivity index (χ0) is 17.1. The van der Waals surface area contributed by atoms with Crippen LogP contribution in [-0.4, -0.2) is 29.7 Å². The van der Waals surface area contributed by atoms with Gasteiger partial charge in [-0.15, -0.1) is 0 Å². The molecule has 4 heteroatoms. The van der Waals surface area contributed by atoms with Crippen molar-refractivity contribution in [2.75, 3.05) is 13.1 Å². The van der Waals surface area contributed by atoms with Crippen LogP contribution in [0.25, 0.3) is 0 Å². The van der Waals surface area contributed by atoms with Crippen molar-refractivity contribution in [3.8, 4) is 0 Å². The van der Waals surface area contributed by atoms with E-state index in [4.69, 9.17) is 11.6 Å². The average Bonchev–Trinajstić information content (AvgIpc) is 2.63. The molecule has 1 aliphatic heterocycles. The van der Waals surface area contributed by atoms with Gasteiger partial charge < -0.3 is 4.90 Å². The number of halogens is 1. The Morgan fingerprint density at radius 3 is 2.42 bits per heavy atom. The monoisotopic (exact) mass is 345 g/mol. The number of carbonyl (C=O) groups is 2. The smallest absolute Gasteiger partial charge is 0.222 e. The summed E-state index contributed by atoms with van der Waals surface area (Å²) < 4.78 is 0. The number of ketones is 1. The quantitative estimate of drug-likeness (QED) is 0.815. The summed E-state index contributed by atoms with van der Waals surface area (Å²) in [7, 11) is 0. The minimum atomic E-state index is -0.0967. The van der Waals surface area contributed by atoms with Crippen LogP contribution in [-0.2, 0) is 9.59 Å². The second-order valence-corrected chi connectivity index (χ2v) is 7.24.